The van der Waals surface area contributed by atoms with Crippen molar-refractivity contribution in [1.29, 1.82) is 0 Å². The lowest BCUT2D eigenvalue weighted by Gasteiger charge is -2.38. The Morgan fingerprint density at radius 2 is 1.76 bits per heavy atom. The van der Waals surface area contributed by atoms with Crippen LogP contribution in [0.4, 0.5) is 0 Å². The molecule has 2 N–H and O–H groups in total. The molecule has 2 nitrogen and oxygen atoms in total. The van der Waals surface area contributed by atoms with Crippen LogP contribution in [0.25, 0.3) is 0 Å². The van der Waals surface area contributed by atoms with Crippen LogP contribution in [0.1, 0.15) is 66.2 Å². The van der Waals surface area contributed by atoms with Gasteiger partial charge in [-0.05, 0) is 56.8 Å². The summed E-state index contributed by atoms with van der Waals surface area (Å²) in [5.41, 5.74) is 0.480. The van der Waals surface area contributed by atoms with E-state index in [-0.39, 0.29) is 0 Å². The number of nitrogens with one attached hydrogen (secondary N) is 1. The molecule has 102 valence electrons. The molecule has 0 saturated heterocycles. The maximum atomic E-state index is 8.82. The van der Waals surface area contributed by atoms with E-state index in [1.807, 2.05) is 0 Å². The number of aliphatic hydroxyl groups is 1. The third-order valence-corrected chi connectivity index (χ3v) is 4.27. The lowest BCUT2D eigenvalue weighted by molar-refractivity contribution is 0.155. The summed E-state index contributed by atoms with van der Waals surface area (Å²) < 4.78 is 0. The van der Waals surface area contributed by atoms with E-state index < -0.39 is 0 Å². The van der Waals surface area contributed by atoms with Crippen molar-refractivity contribution in [2.75, 3.05) is 6.61 Å². The van der Waals surface area contributed by atoms with E-state index in [0.717, 1.165) is 18.8 Å². The Morgan fingerprint density at radius 3 is 2.24 bits per heavy atom. The molecule has 0 aromatic carbocycles. The number of aliphatic hydroxyl groups excluding tert-OH is 1. The first-order valence-corrected chi connectivity index (χ1v) is 7.30. The van der Waals surface area contributed by atoms with Crippen LogP contribution in [0.5, 0.6) is 0 Å². The molecule has 0 bridgehead atoms. The van der Waals surface area contributed by atoms with Crippen LogP contribution in [0.15, 0.2) is 0 Å². The highest BCUT2D eigenvalue weighted by molar-refractivity contribution is 4.84. The van der Waals surface area contributed by atoms with Gasteiger partial charge in [-0.2, -0.15) is 0 Å². The minimum atomic E-state index is 0.322. The van der Waals surface area contributed by atoms with Gasteiger partial charge in [-0.3, -0.25) is 0 Å². The average molecular weight is 241 g/mol. The lowest BCUT2D eigenvalue weighted by atomic mass is 9.71. The highest BCUT2D eigenvalue weighted by Gasteiger charge is 2.29. The molecule has 1 aliphatic carbocycles. The average Bonchev–Trinajstić information content (AvgIpc) is 2.26. The molecule has 0 amide bonds. The smallest absolute Gasteiger partial charge is 0.0431 e. The second-order valence-corrected chi connectivity index (χ2v) is 6.85. The SMILES string of the molecule is CC(CCCO)NC1CCC(C(C)(C)C)CC1. The van der Waals surface area contributed by atoms with Crippen molar-refractivity contribution in [3.8, 4) is 0 Å². The molecule has 1 atom stereocenters. The van der Waals surface area contributed by atoms with Gasteiger partial charge in [-0.25, -0.2) is 0 Å². The number of hydrogen-bond donors (Lipinski definition) is 2. The number of rotatable bonds is 5. The second-order valence-electron chi connectivity index (χ2n) is 6.85. The van der Waals surface area contributed by atoms with Gasteiger partial charge in [0.2, 0.25) is 0 Å². The maximum Gasteiger partial charge on any atom is 0.0431 e. The highest BCUT2D eigenvalue weighted by Crippen LogP contribution is 2.37. The second kappa shape index (κ2) is 6.75. The Balaban J connectivity index is 2.23. The number of hydrogen-bond acceptors (Lipinski definition) is 2. The van der Waals surface area contributed by atoms with Crippen molar-refractivity contribution in [3.63, 3.8) is 0 Å². The monoisotopic (exact) mass is 241 g/mol. The standard InChI is InChI=1S/C15H31NO/c1-12(6-5-11-17)16-14-9-7-13(8-10-14)15(2,3)4/h12-14,16-17H,5-11H2,1-4H3. The Labute approximate surface area is 107 Å². The summed E-state index contributed by atoms with van der Waals surface area (Å²) in [6.07, 6.45) is 7.40. The van der Waals surface area contributed by atoms with Crippen LogP contribution >= 0.6 is 0 Å². The summed E-state index contributed by atoms with van der Waals surface area (Å²) in [7, 11) is 0. The summed E-state index contributed by atoms with van der Waals surface area (Å²) in [6.45, 7) is 9.67. The van der Waals surface area contributed by atoms with Crippen LogP contribution in [0, 0.1) is 11.3 Å². The Morgan fingerprint density at radius 1 is 1.18 bits per heavy atom. The molecule has 0 aliphatic heterocycles. The van der Waals surface area contributed by atoms with Crippen LogP contribution in [0.3, 0.4) is 0 Å². The van der Waals surface area contributed by atoms with Crippen molar-refractivity contribution < 1.29 is 5.11 Å². The van der Waals surface area contributed by atoms with E-state index in [0.29, 0.717) is 24.1 Å². The van der Waals surface area contributed by atoms with Crippen molar-refractivity contribution in [3.05, 3.63) is 0 Å². The first-order chi connectivity index (χ1) is 7.93. The molecular weight excluding hydrogens is 210 g/mol. The molecule has 1 rings (SSSR count). The van der Waals surface area contributed by atoms with Crippen LogP contribution in [0.2, 0.25) is 0 Å². The zero-order valence-corrected chi connectivity index (χ0v) is 12.1. The lowest BCUT2D eigenvalue weighted by Crippen LogP contribution is -2.40. The third-order valence-electron chi connectivity index (χ3n) is 4.27. The minimum absolute atomic E-state index is 0.322. The predicted octanol–water partition coefficient (Wildman–Crippen LogP) is 3.34. The Hall–Kier alpha value is -0.0800. The molecule has 0 aromatic rings. The highest BCUT2D eigenvalue weighted by atomic mass is 16.2. The largest absolute Gasteiger partial charge is 0.396 e. The summed E-state index contributed by atoms with van der Waals surface area (Å²) in [5, 5.41) is 12.5. The van der Waals surface area contributed by atoms with Crippen LogP contribution < -0.4 is 5.32 Å². The molecule has 1 saturated carbocycles. The van der Waals surface area contributed by atoms with E-state index in [2.05, 4.69) is 33.0 Å². The summed E-state index contributed by atoms with van der Waals surface area (Å²) >= 11 is 0. The quantitative estimate of drug-likeness (QED) is 0.773. The minimum Gasteiger partial charge on any atom is -0.396 e. The molecule has 1 fully saturated rings. The molecule has 1 aliphatic rings. The predicted molar refractivity (Wildman–Crippen MR) is 74.1 cm³/mol. The van der Waals surface area contributed by atoms with E-state index in [1.165, 1.54) is 25.7 Å². The van der Waals surface area contributed by atoms with Crippen molar-refractivity contribution in [1.82, 2.24) is 5.32 Å². The first kappa shape index (κ1) is 15.0. The summed E-state index contributed by atoms with van der Waals surface area (Å²) in [6, 6.07) is 1.26. The summed E-state index contributed by atoms with van der Waals surface area (Å²) in [5.74, 6) is 0.897. The van der Waals surface area contributed by atoms with Crippen molar-refractivity contribution in [2.24, 2.45) is 11.3 Å². The van der Waals surface area contributed by atoms with Gasteiger partial charge in [0.25, 0.3) is 0 Å². The molecule has 0 heterocycles. The molecular formula is C15H31NO. The van der Waals surface area contributed by atoms with Gasteiger partial charge in [0.15, 0.2) is 0 Å². The van der Waals surface area contributed by atoms with Crippen LogP contribution in [-0.2, 0) is 0 Å². The molecule has 1 unspecified atom stereocenters. The Bertz CT molecular complexity index is 201. The molecule has 0 spiro atoms. The Kier molecular flexibility index (Phi) is 5.94. The first-order valence-electron chi connectivity index (χ1n) is 7.30. The molecule has 0 aromatic heterocycles. The fourth-order valence-corrected chi connectivity index (χ4v) is 3.01. The van der Waals surface area contributed by atoms with E-state index in [4.69, 9.17) is 5.11 Å². The van der Waals surface area contributed by atoms with Crippen LogP contribution in [-0.4, -0.2) is 23.8 Å². The van der Waals surface area contributed by atoms with Gasteiger partial charge in [0.1, 0.15) is 0 Å². The zero-order valence-electron chi connectivity index (χ0n) is 12.1. The fraction of sp³-hybridized carbons (Fsp3) is 1.00. The molecule has 17 heavy (non-hydrogen) atoms. The van der Waals surface area contributed by atoms with Gasteiger partial charge < -0.3 is 10.4 Å². The van der Waals surface area contributed by atoms with Gasteiger partial charge >= 0.3 is 0 Å². The third kappa shape index (κ3) is 5.39. The van der Waals surface area contributed by atoms with Crippen molar-refractivity contribution in [2.45, 2.75) is 78.3 Å². The maximum absolute atomic E-state index is 8.82. The molecule has 2 heteroatoms. The molecule has 0 radical (unpaired) electrons. The van der Waals surface area contributed by atoms with Gasteiger partial charge in [0, 0.05) is 18.7 Å². The van der Waals surface area contributed by atoms with Crippen molar-refractivity contribution >= 4 is 0 Å². The summed E-state index contributed by atoms with van der Waals surface area (Å²) in [4.78, 5) is 0. The zero-order chi connectivity index (χ0) is 12.9. The van der Waals surface area contributed by atoms with E-state index in [9.17, 15) is 0 Å². The fourth-order valence-electron chi connectivity index (χ4n) is 3.01. The normalized spacial score (nSPS) is 28.1. The van der Waals surface area contributed by atoms with E-state index in [1.54, 1.807) is 0 Å². The topological polar surface area (TPSA) is 32.3 Å². The van der Waals surface area contributed by atoms with Gasteiger partial charge in [-0.15, -0.1) is 0 Å². The van der Waals surface area contributed by atoms with Gasteiger partial charge in [0.05, 0.1) is 0 Å². The van der Waals surface area contributed by atoms with Gasteiger partial charge in [-0.1, -0.05) is 20.8 Å². The van der Waals surface area contributed by atoms with E-state index >= 15 is 0 Å².